The van der Waals surface area contributed by atoms with Crippen molar-refractivity contribution in [3.05, 3.63) is 23.3 Å². The lowest BCUT2D eigenvalue weighted by molar-refractivity contribution is -0.184. The van der Waals surface area contributed by atoms with Crippen LogP contribution in [-0.2, 0) is 19.1 Å². The van der Waals surface area contributed by atoms with E-state index in [1.54, 1.807) is 19.1 Å². The molecule has 6 unspecified atom stereocenters. The third-order valence-electron chi connectivity index (χ3n) is 11.7. The van der Waals surface area contributed by atoms with Crippen LogP contribution in [0.5, 0.6) is 0 Å². The molecular weight excluding hydrogens is 432 g/mol. The van der Waals surface area contributed by atoms with Crippen molar-refractivity contribution >= 4 is 11.8 Å². The summed E-state index contributed by atoms with van der Waals surface area (Å²) in [5, 5.41) is 22.7. The maximum absolute atomic E-state index is 13.3. The van der Waals surface area contributed by atoms with Gasteiger partial charge in [0.1, 0.15) is 23.4 Å². The van der Waals surface area contributed by atoms with E-state index in [2.05, 4.69) is 6.92 Å². The number of ether oxygens (including phenoxy) is 2. The number of carbonyl (C=O) groups is 2. The Balaban J connectivity index is 1.31. The molecule has 4 fully saturated rings. The Labute approximate surface area is 201 Å². The largest absolute Gasteiger partial charge is 0.456 e. The van der Waals surface area contributed by atoms with Gasteiger partial charge in [0.25, 0.3) is 0 Å². The first-order valence-electron chi connectivity index (χ1n) is 13.1. The van der Waals surface area contributed by atoms with Crippen LogP contribution in [0, 0.1) is 34.5 Å². The summed E-state index contributed by atoms with van der Waals surface area (Å²) >= 11 is 0. The molecule has 0 bridgehead atoms. The van der Waals surface area contributed by atoms with E-state index in [0.717, 1.165) is 37.7 Å². The molecule has 2 N–H and O–H groups in total. The number of fused-ring (bicyclic) bond motifs is 4. The van der Waals surface area contributed by atoms with Crippen LogP contribution in [0.4, 0.5) is 0 Å². The van der Waals surface area contributed by atoms with Crippen molar-refractivity contribution in [2.75, 3.05) is 0 Å². The van der Waals surface area contributed by atoms with Gasteiger partial charge in [-0.15, -0.1) is 0 Å². The second kappa shape index (κ2) is 6.83. The van der Waals surface area contributed by atoms with Gasteiger partial charge in [-0.1, -0.05) is 12.5 Å². The standard InChI is InChI=1S/C28H38O6/c1-14-12-22(33-24(31)15(14)2)27(5,32)19-7-6-17-16-13-23-28(34-23)21(30)9-8-20(29)26(28,4)18(16)10-11-25(17,19)3/h8-9,16-19,21-23,30,32H,6-7,10-13H2,1-5H3/t16?,17?,18?,19?,21-,22?,23+,25-,26-,27+,28?/m0/s1. The van der Waals surface area contributed by atoms with E-state index in [4.69, 9.17) is 9.47 Å². The molecule has 0 aromatic rings. The highest BCUT2D eigenvalue weighted by atomic mass is 16.6. The summed E-state index contributed by atoms with van der Waals surface area (Å²) in [5.74, 6) is 0.651. The van der Waals surface area contributed by atoms with E-state index >= 15 is 0 Å². The molecule has 0 amide bonds. The minimum Gasteiger partial charge on any atom is -0.456 e. The van der Waals surface area contributed by atoms with Crippen LogP contribution in [0.15, 0.2) is 23.3 Å². The number of epoxide rings is 1. The highest BCUT2D eigenvalue weighted by Crippen LogP contribution is 2.73. The van der Waals surface area contributed by atoms with Crippen molar-refractivity contribution in [1.82, 2.24) is 0 Å². The van der Waals surface area contributed by atoms with Crippen LogP contribution in [0.1, 0.15) is 73.1 Å². The molecule has 186 valence electrons. The fourth-order valence-corrected chi connectivity index (χ4v) is 9.56. The van der Waals surface area contributed by atoms with Crippen molar-refractivity contribution < 1.29 is 29.3 Å². The molecule has 2 heterocycles. The molecule has 6 aliphatic rings. The molecule has 0 aromatic heterocycles. The van der Waals surface area contributed by atoms with E-state index in [1.807, 2.05) is 20.8 Å². The normalized spacial score (nSPS) is 53.3. The molecule has 11 atom stereocenters. The predicted octanol–water partition coefficient (Wildman–Crippen LogP) is 3.50. The average molecular weight is 471 g/mol. The van der Waals surface area contributed by atoms with Gasteiger partial charge >= 0.3 is 5.97 Å². The van der Waals surface area contributed by atoms with Gasteiger partial charge in [-0.2, -0.15) is 0 Å². The Hall–Kier alpha value is -1.50. The summed E-state index contributed by atoms with van der Waals surface area (Å²) in [6, 6.07) is 0. The summed E-state index contributed by atoms with van der Waals surface area (Å²) in [6.45, 7) is 9.96. The van der Waals surface area contributed by atoms with Crippen LogP contribution in [0.25, 0.3) is 0 Å². The van der Waals surface area contributed by atoms with E-state index in [0.29, 0.717) is 23.8 Å². The molecule has 0 radical (unpaired) electrons. The zero-order chi connectivity index (χ0) is 24.4. The zero-order valence-electron chi connectivity index (χ0n) is 21.0. The van der Waals surface area contributed by atoms with Crippen molar-refractivity contribution in [2.24, 2.45) is 34.5 Å². The van der Waals surface area contributed by atoms with Gasteiger partial charge in [0.05, 0.1) is 11.5 Å². The number of cyclic esters (lactones) is 1. The van der Waals surface area contributed by atoms with Gasteiger partial charge in [0, 0.05) is 12.0 Å². The Morgan fingerprint density at radius 3 is 2.56 bits per heavy atom. The number of carbonyl (C=O) groups excluding carboxylic acids is 2. The number of allylic oxidation sites excluding steroid dienone is 1. The molecule has 1 spiro atoms. The lowest BCUT2D eigenvalue weighted by Gasteiger charge is -2.59. The van der Waals surface area contributed by atoms with Gasteiger partial charge in [-0.3, -0.25) is 4.79 Å². The highest BCUT2D eigenvalue weighted by molar-refractivity contribution is 5.98. The third kappa shape index (κ3) is 2.53. The summed E-state index contributed by atoms with van der Waals surface area (Å²) in [5.41, 5.74) is -1.02. The van der Waals surface area contributed by atoms with Gasteiger partial charge in [0.15, 0.2) is 5.78 Å². The molecule has 6 nitrogen and oxygen atoms in total. The first-order valence-corrected chi connectivity index (χ1v) is 13.1. The van der Waals surface area contributed by atoms with E-state index in [1.165, 1.54) is 0 Å². The van der Waals surface area contributed by atoms with Crippen LogP contribution in [0.2, 0.25) is 0 Å². The molecule has 2 aliphatic heterocycles. The second-order valence-corrected chi connectivity index (χ2v) is 12.8. The highest BCUT2D eigenvalue weighted by Gasteiger charge is 2.80. The van der Waals surface area contributed by atoms with E-state index in [9.17, 15) is 19.8 Å². The molecule has 0 aromatic carbocycles. The number of ketones is 1. The van der Waals surface area contributed by atoms with Crippen LogP contribution < -0.4 is 0 Å². The molecule has 4 aliphatic carbocycles. The summed E-state index contributed by atoms with van der Waals surface area (Å²) < 4.78 is 12.0. The number of aliphatic hydroxyl groups excluding tert-OH is 1. The molecule has 6 rings (SSSR count). The quantitative estimate of drug-likeness (QED) is 0.474. The smallest absolute Gasteiger partial charge is 0.334 e. The average Bonchev–Trinajstić information content (AvgIpc) is 3.40. The number of rotatable bonds is 2. The molecule has 6 heteroatoms. The van der Waals surface area contributed by atoms with Crippen molar-refractivity contribution in [1.29, 1.82) is 0 Å². The Bertz CT molecular complexity index is 1030. The van der Waals surface area contributed by atoms with Crippen molar-refractivity contribution in [3.63, 3.8) is 0 Å². The summed E-state index contributed by atoms with van der Waals surface area (Å²) in [7, 11) is 0. The van der Waals surface area contributed by atoms with Crippen molar-refractivity contribution in [2.45, 2.75) is 103 Å². The molecule has 3 saturated carbocycles. The van der Waals surface area contributed by atoms with Gasteiger partial charge in [0.2, 0.25) is 0 Å². The first kappa shape index (κ1) is 22.9. The number of aliphatic hydroxyl groups is 2. The predicted molar refractivity (Wildman–Crippen MR) is 125 cm³/mol. The second-order valence-electron chi connectivity index (χ2n) is 12.8. The van der Waals surface area contributed by atoms with Crippen LogP contribution >= 0.6 is 0 Å². The fourth-order valence-electron chi connectivity index (χ4n) is 9.56. The Morgan fingerprint density at radius 2 is 1.85 bits per heavy atom. The first-order chi connectivity index (χ1) is 15.9. The van der Waals surface area contributed by atoms with E-state index < -0.39 is 28.8 Å². The van der Waals surface area contributed by atoms with Crippen LogP contribution in [-0.4, -0.2) is 51.5 Å². The van der Waals surface area contributed by atoms with Crippen LogP contribution in [0.3, 0.4) is 0 Å². The zero-order valence-corrected chi connectivity index (χ0v) is 21.0. The monoisotopic (exact) mass is 470 g/mol. The maximum atomic E-state index is 13.3. The van der Waals surface area contributed by atoms with Crippen molar-refractivity contribution in [3.8, 4) is 0 Å². The molecule has 34 heavy (non-hydrogen) atoms. The third-order valence-corrected chi connectivity index (χ3v) is 11.7. The van der Waals surface area contributed by atoms with Gasteiger partial charge < -0.3 is 19.7 Å². The Kier molecular flexibility index (Phi) is 4.61. The number of esters is 1. The number of hydrogen-bond acceptors (Lipinski definition) is 6. The van der Waals surface area contributed by atoms with E-state index in [-0.39, 0.29) is 35.1 Å². The Morgan fingerprint density at radius 1 is 1.12 bits per heavy atom. The minimum atomic E-state index is -1.12. The molecular formula is C28H38O6. The number of hydrogen-bond donors (Lipinski definition) is 2. The summed E-state index contributed by atoms with van der Waals surface area (Å²) in [6.07, 6.45) is 6.96. The lowest BCUT2D eigenvalue weighted by Crippen LogP contribution is -2.64. The molecule has 1 saturated heterocycles. The lowest BCUT2D eigenvalue weighted by atomic mass is 9.44. The summed E-state index contributed by atoms with van der Waals surface area (Å²) in [4.78, 5) is 25.7. The SMILES string of the molecule is CC1=C(C)C(=O)OC([C@](C)(O)C2CCC3C4C[C@H]5OC56[C@@H](O)C=CC(=O)[C@]6(C)C4CC[C@@]32C)C1. The van der Waals surface area contributed by atoms with Gasteiger partial charge in [-0.25, -0.2) is 4.79 Å². The maximum Gasteiger partial charge on any atom is 0.334 e. The fraction of sp³-hybridized carbons (Fsp3) is 0.786. The topological polar surface area (TPSA) is 96.4 Å². The minimum absolute atomic E-state index is 0.0158. The van der Waals surface area contributed by atoms with Gasteiger partial charge in [-0.05, 0) is 101 Å².